The number of nitrogens with two attached hydrogens (primary N) is 1. The molecular formula is C11H15FN2O. The molecule has 1 heterocycles. The van der Waals surface area contributed by atoms with Crippen molar-refractivity contribution in [2.24, 2.45) is 0 Å². The molecule has 2 N–H and O–H groups in total. The van der Waals surface area contributed by atoms with Crippen LogP contribution in [-0.4, -0.2) is 20.2 Å². The average molecular weight is 210 g/mol. The maximum absolute atomic E-state index is 13.6. The van der Waals surface area contributed by atoms with Gasteiger partial charge < -0.3 is 15.4 Å². The van der Waals surface area contributed by atoms with Crippen molar-refractivity contribution < 1.29 is 9.13 Å². The van der Waals surface area contributed by atoms with Crippen LogP contribution in [0.5, 0.6) is 5.75 Å². The molecule has 0 amide bonds. The number of ether oxygens (including phenoxy) is 1. The van der Waals surface area contributed by atoms with Gasteiger partial charge in [-0.2, -0.15) is 0 Å². The second kappa shape index (κ2) is 3.96. The Balaban J connectivity index is 2.37. The molecule has 1 aliphatic rings. The predicted octanol–water partition coefficient (Wildman–Crippen LogP) is 2.02. The van der Waals surface area contributed by atoms with Crippen molar-refractivity contribution in [1.82, 2.24) is 0 Å². The van der Waals surface area contributed by atoms with Gasteiger partial charge in [0.1, 0.15) is 11.6 Å². The number of hydrogen-bond donors (Lipinski definition) is 1. The molecule has 0 spiro atoms. The first kappa shape index (κ1) is 10.1. The van der Waals surface area contributed by atoms with Crippen molar-refractivity contribution in [3.05, 3.63) is 17.9 Å². The highest BCUT2D eigenvalue weighted by Gasteiger charge is 2.18. The van der Waals surface area contributed by atoms with E-state index in [1.54, 1.807) is 6.07 Å². The van der Waals surface area contributed by atoms with E-state index >= 15 is 0 Å². The summed E-state index contributed by atoms with van der Waals surface area (Å²) in [5.41, 5.74) is 6.56. The van der Waals surface area contributed by atoms with Crippen molar-refractivity contribution >= 4 is 11.4 Å². The van der Waals surface area contributed by atoms with Crippen LogP contribution in [0.3, 0.4) is 0 Å². The van der Waals surface area contributed by atoms with Gasteiger partial charge in [-0.25, -0.2) is 4.39 Å². The van der Waals surface area contributed by atoms with Gasteiger partial charge in [0.15, 0.2) is 0 Å². The van der Waals surface area contributed by atoms with E-state index in [0.717, 1.165) is 25.9 Å². The van der Waals surface area contributed by atoms with Crippen molar-refractivity contribution in [1.29, 1.82) is 0 Å². The van der Waals surface area contributed by atoms with Crippen LogP contribution < -0.4 is 15.4 Å². The standard InChI is InChI=1S/C11H15FN2O/c1-15-11-7-10(8(12)6-9(11)13)14-4-2-3-5-14/h6-7H,2-5,13H2,1H3. The van der Waals surface area contributed by atoms with Crippen LogP contribution in [0.25, 0.3) is 0 Å². The SMILES string of the molecule is COc1cc(N2CCCC2)c(F)cc1N. The van der Waals surface area contributed by atoms with Gasteiger partial charge in [-0.05, 0) is 12.8 Å². The first-order chi connectivity index (χ1) is 7.22. The Bertz CT molecular complexity index is 362. The van der Waals surface area contributed by atoms with Crippen molar-refractivity contribution in [2.45, 2.75) is 12.8 Å². The number of rotatable bonds is 2. The molecule has 1 saturated heterocycles. The normalized spacial score (nSPS) is 15.7. The van der Waals surface area contributed by atoms with E-state index in [9.17, 15) is 4.39 Å². The van der Waals surface area contributed by atoms with Crippen molar-refractivity contribution in [3.63, 3.8) is 0 Å². The summed E-state index contributed by atoms with van der Waals surface area (Å²) in [5, 5.41) is 0. The van der Waals surface area contributed by atoms with Crippen LogP contribution in [0.4, 0.5) is 15.8 Å². The Labute approximate surface area is 88.6 Å². The minimum Gasteiger partial charge on any atom is -0.495 e. The summed E-state index contributed by atoms with van der Waals surface area (Å²) >= 11 is 0. The molecule has 0 bridgehead atoms. The molecule has 0 atom stereocenters. The molecule has 0 saturated carbocycles. The van der Waals surface area contributed by atoms with E-state index in [1.165, 1.54) is 13.2 Å². The molecule has 1 aromatic rings. The van der Waals surface area contributed by atoms with Crippen LogP contribution >= 0.6 is 0 Å². The summed E-state index contributed by atoms with van der Waals surface area (Å²) in [5.74, 6) is 0.272. The summed E-state index contributed by atoms with van der Waals surface area (Å²) < 4.78 is 18.7. The second-order valence-corrected chi connectivity index (χ2v) is 3.74. The van der Waals surface area contributed by atoms with E-state index < -0.39 is 0 Å². The number of hydrogen-bond acceptors (Lipinski definition) is 3. The highest BCUT2D eigenvalue weighted by Crippen LogP contribution is 2.32. The number of benzene rings is 1. The minimum absolute atomic E-state index is 0.268. The zero-order valence-electron chi connectivity index (χ0n) is 8.79. The number of methoxy groups -OCH3 is 1. The summed E-state index contributed by atoms with van der Waals surface area (Å²) in [4.78, 5) is 2.03. The molecule has 1 aromatic carbocycles. The maximum atomic E-state index is 13.6. The van der Waals surface area contributed by atoms with Gasteiger partial charge in [-0.3, -0.25) is 0 Å². The molecule has 0 unspecified atom stereocenters. The highest BCUT2D eigenvalue weighted by molar-refractivity contribution is 5.63. The van der Waals surface area contributed by atoms with Gasteiger partial charge in [-0.1, -0.05) is 0 Å². The van der Waals surface area contributed by atoms with Gasteiger partial charge in [0.2, 0.25) is 0 Å². The Morgan fingerprint density at radius 1 is 1.33 bits per heavy atom. The quantitative estimate of drug-likeness (QED) is 0.759. The Morgan fingerprint density at radius 2 is 2.00 bits per heavy atom. The van der Waals surface area contributed by atoms with Crippen LogP contribution in [0.15, 0.2) is 12.1 Å². The lowest BCUT2D eigenvalue weighted by Gasteiger charge is -2.19. The second-order valence-electron chi connectivity index (χ2n) is 3.74. The third-order valence-electron chi connectivity index (χ3n) is 2.75. The average Bonchev–Trinajstić information content (AvgIpc) is 2.71. The zero-order chi connectivity index (χ0) is 10.8. The van der Waals surface area contributed by atoms with Gasteiger partial charge in [0.25, 0.3) is 0 Å². The fourth-order valence-corrected chi connectivity index (χ4v) is 1.94. The molecule has 15 heavy (non-hydrogen) atoms. The molecule has 2 rings (SSSR count). The fourth-order valence-electron chi connectivity index (χ4n) is 1.94. The third-order valence-corrected chi connectivity index (χ3v) is 2.75. The van der Waals surface area contributed by atoms with E-state index in [1.807, 2.05) is 4.90 Å². The van der Waals surface area contributed by atoms with Gasteiger partial charge >= 0.3 is 0 Å². The van der Waals surface area contributed by atoms with Gasteiger partial charge in [0.05, 0.1) is 18.5 Å². The van der Waals surface area contributed by atoms with Crippen LogP contribution in [0, 0.1) is 5.82 Å². The molecule has 0 radical (unpaired) electrons. The molecule has 1 aliphatic heterocycles. The monoisotopic (exact) mass is 210 g/mol. The number of halogens is 1. The van der Waals surface area contributed by atoms with Gasteiger partial charge in [-0.15, -0.1) is 0 Å². The number of anilines is 2. The molecule has 1 fully saturated rings. The first-order valence-electron chi connectivity index (χ1n) is 5.10. The Hall–Kier alpha value is -1.45. The smallest absolute Gasteiger partial charge is 0.148 e. The Morgan fingerprint density at radius 3 is 2.60 bits per heavy atom. The Kier molecular flexibility index (Phi) is 2.66. The lowest BCUT2D eigenvalue weighted by atomic mass is 10.2. The minimum atomic E-state index is -0.268. The van der Waals surface area contributed by atoms with Crippen molar-refractivity contribution in [2.75, 3.05) is 30.8 Å². The highest BCUT2D eigenvalue weighted by atomic mass is 19.1. The topological polar surface area (TPSA) is 38.5 Å². The number of nitrogens with zero attached hydrogens (tertiary/aromatic N) is 1. The largest absolute Gasteiger partial charge is 0.495 e. The molecule has 3 nitrogen and oxygen atoms in total. The van der Waals surface area contributed by atoms with E-state index in [0.29, 0.717) is 17.1 Å². The van der Waals surface area contributed by atoms with Crippen LogP contribution in [0.1, 0.15) is 12.8 Å². The molecule has 0 aliphatic carbocycles. The lowest BCUT2D eigenvalue weighted by Crippen LogP contribution is -2.19. The summed E-state index contributed by atoms with van der Waals surface area (Å²) in [6.07, 6.45) is 2.23. The summed E-state index contributed by atoms with van der Waals surface area (Å²) in [6.45, 7) is 1.81. The predicted molar refractivity (Wildman–Crippen MR) is 58.8 cm³/mol. The number of nitrogen functional groups attached to an aromatic ring is 1. The van der Waals surface area contributed by atoms with E-state index in [-0.39, 0.29) is 5.82 Å². The van der Waals surface area contributed by atoms with Crippen LogP contribution in [0.2, 0.25) is 0 Å². The molecular weight excluding hydrogens is 195 g/mol. The lowest BCUT2D eigenvalue weighted by molar-refractivity contribution is 0.416. The fraction of sp³-hybridized carbons (Fsp3) is 0.455. The summed E-state index contributed by atoms with van der Waals surface area (Å²) in [7, 11) is 1.54. The van der Waals surface area contributed by atoms with Crippen molar-refractivity contribution in [3.8, 4) is 5.75 Å². The first-order valence-corrected chi connectivity index (χ1v) is 5.10. The third kappa shape index (κ3) is 1.84. The van der Waals surface area contributed by atoms with E-state index in [2.05, 4.69) is 0 Å². The zero-order valence-corrected chi connectivity index (χ0v) is 8.79. The van der Waals surface area contributed by atoms with Gasteiger partial charge in [0, 0.05) is 25.2 Å². The molecule has 0 aromatic heterocycles. The molecule has 4 heteroatoms. The maximum Gasteiger partial charge on any atom is 0.148 e. The molecule has 82 valence electrons. The van der Waals surface area contributed by atoms with Crippen LogP contribution in [-0.2, 0) is 0 Å². The van der Waals surface area contributed by atoms with E-state index in [4.69, 9.17) is 10.5 Å². The summed E-state index contributed by atoms with van der Waals surface area (Å²) in [6, 6.07) is 3.00.